The first-order chi connectivity index (χ1) is 13.0. The summed E-state index contributed by atoms with van der Waals surface area (Å²) in [5.74, 6) is 0.178. The molecule has 5 nitrogen and oxygen atoms in total. The fraction of sp³-hybridized carbons (Fsp3) is 0.412. The number of aliphatic imine (C=N–C) groups is 1. The van der Waals surface area contributed by atoms with Gasteiger partial charge in [-0.15, -0.1) is 0 Å². The summed E-state index contributed by atoms with van der Waals surface area (Å²) < 4.78 is 78.4. The molecular formula is C17H19F6N5. The van der Waals surface area contributed by atoms with Crippen molar-refractivity contribution in [2.45, 2.75) is 32.4 Å². The van der Waals surface area contributed by atoms with Gasteiger partial charge in [0.25, 0.3) is 0 Å². The van der Waals surface area contributed by atoms with Crippen LogP contribution in [0.3, 0.4) is 0 Å². The molecule has 11 heteroatoms. The number of alkyl halides is 6. The highest BCUT2D eigenvalue weighted by atomic mass is 19.4. The zero-order valence-corrected chi connectivity index (χ0v) is 15.1. The zero-order chi connectivity index (χ0) is 20.9. The Morgan fingerprint density at radius 3 is 2.43 bits per heavy atom. The van der Waals surface area contributed by atoms with E-state index in [2.05, 4.69) is 20.7 Å². The minimum atomic E-state index is -4.59. The van der Waals surface area contributed by atoms with Gasteiger partial charge < -0.3 is 10.6 Å². The summed E-state index contributed by atoms with van der Waals surface area (Å²) in [6.07, 6.45) is -7.81. The highest BCUT2D eigenvalue weighted by Gasteiger charge is 2.36. The van der Waals surface area contributed by atoms with Gasteiger partial charge in [0.15, 0.2) is 11.7 Å². The topological polar surface area (TPSA) is 54.2 Å². The Bertz CT molecular complexity index is 822. The number of rotatable bonds is 5. The largest absolute Gasteiger partial charge is 0.435 e. The monoisotopic (exact) mass is 407 g/mol. The first-order valence-corrected chi connectivity index (χ1v) is 8.28. The van der Waals surface area contributed by atoms with Gasteiger partial charge in [-0.1, -0.05) is 12.1 Å². The van der Waals surface area contributed by atoms with E-state index in [0.29, 0.717) is 12.1 Å². The molecule has 0 aliphatic heterocycles. The van der Waals surface area contributed by atoms with Gasteiger partial charge in [0.05, 0.1) is 12.1 Å². The molecule has 0 fully saturated rings. The SMILES string of the molecule is CCNC(=NCc1cccc(C(F)(F)F)c1)NCc1cn(C)nc1C(F)(F)F. The summed E-state index contributed by atoms with van der Waals surface area (Å²) in [5.41, 5.74) is -1.54. The standard InChI is InChI=1S/C17H19F6N5/c1-3-24-15(25-8-11-5-4-6-13(7-11)16(18,19)20)26-9-12-10-28(2)27-14(12)17(21,22)23/h4-7,10H,3,8-9H2,1-2H3,(H2,24,25,26). The Balaban J connectivity index is 2.12. The fourth-order valence-corrected chi connectivity index (χ4v) is 2.44. The third-order valence-electron chi connectivity index (χ3n) is 3.64. The van der Waals surface area contributed by atoms with Crippen molar-refractivity contribution in [2.75, 3.05) is 6.54 Å². The third kappa shape index (κ3) is 5.89. The molecule has 2 aromatic rings. The number of guanidine groups is 1. The van der Waals surface area contributed by atoms with E-state index in [1.54, 1.807) is 6.92 Å². The summed E-state index contributed by atoms with van der Waals surface area (Å²) in [7, 11) is 1.38. The van der Waals surface area contributed by atoms with Crippen LogP contribution in [0.2, 0.25) is 0 Å². The number of benzene rings is 1. The lowest BCUT2D eigenvalue weighted by Gasteiger charge is -2.12. The van der Waals surface area contributed by atoms with Crippen molar-refractivity contribution in [2.24, 2.45) is 12.0 Å². The van der Waals surface area contributed by atoms with Gasteiger partial charge in [-0.25, -0.2) is 4.99 Å². The first kappa shape index (κ1) is 21.6. The zero-order valence-electron chi connectivity index (χ0n) is 15.1. The van der Waals surface area contributed by atoms with Crippen LogP contribution in [0.15, 0.2) is 35.5 Å². The molecule has 0 radical (unpaired) electrons. The van der Waals surface area contributed by atoms with Gasteiger partial charge in [0, 0.05) is 31.9 Å². The molecule has 28 heavy (non-hydrogen) atoms. The fourth-order valence-electron chi connectivity index (χ4n) is 2.44. The molecule has 0 unspecified atom stereocenters. The third-order valence-corrected chi connectivity index (χ3v) is 3.64. The number of hydrogen-bond donors (Lipinski definition) is 2. The lowest BCUT2D eigenvalue weighted by Crippen LogP contribution is -2.37. The van der Waals surface area contributed by atoms with Crippen molar-refractivity contribution >= 4 is 5.96 Å². The molecular weight excluding hydrogens is 388 g/mol. The molecule has 0 atom stereocenters. The Kier molecular flexibility index (Phi) is 6.57. The minimum absolute atomic E-state index is 0.0697. The number of aryl methyl sites for hydroxylation is 1. The van der Waals surface area contributed by atoms with E-state index in [0.717, 1.165) is 16.8 Å². The predicted octanol–water partition coefficient (Wildman–Crippen LogP) is 3.71. The van der Waals surface area contributed by atoms with Crippen molar-refractivity contribution in [1.29, 1.82) is 0 Å². The van der Waals surface area contributed by atoms with Crippen LogP contribution in [0.4, 0.5) is 26.3 Å². The number of hydrogen-bond acceptors (Lipinski definition) is 2. The second kappa shape index (κ2) is 8.53. The number of nitrogens with one attached hydrogen (secondary N) is 2. The Hall–Kier alpha value is -2.72. The molecule has 0 amide bonds. The molecule has 0 bridgehead atoms. The van der Waals surface area contributed by atoms with Crippen LogP contribution in [-0.4, -0.2) is 22.3 Å². The van der Waals surface area contributed by atoms with Gasteiger partial charge in [-0.2, -0.15) is 31.4 Å². The second-order valence-electron chi connectivity index (χ2n) is 5.92. The average Bonchev–Trinajstić information content (AvgIpc) is 2.98. The molecule has 1 aromatic heterocycles. The van der Waals surface area contributed by atoms with E-state index in [1.165, 1.54) is 25.4 Å². The van der Waals surface area contributed by atoms with Crippen LogP contribution < -0.4 is 10.6 Å². The Morgan fingerprint density at radius 1 is 1.11 bits per heavy atom. The van der Waals surface area contributed by atoms with Crippen LogP contribution in [-0.2, 0) is 32.5 Å². The molecule has 1 heterocycles. The first-order valence-electron chi connectivity index (χ1n) is 8.28. The lowest BCUT2D eigenvalue weighted by atomic mass is 10.1. The van der Waals surface area contributed by atoms with Crippen LogP contribution >= 0.6 is 0 Å². The van der Waals surface area contributed by atoms with E-state index in [4.69, 9.17) is 0 Å². The van der Waals surface area contributed by atoms with Crippen molar-refractivity contribution < 1.29 is 26.3 Å². The van der Waals surface area contributed by atoms with Crippen molar-refractivity contribution in [3.63, 3.8) is 0 Å². The van der Waals surface area contributed by atoms with E-state index in [-0.39, 0.29) is 24.6 Å². The number of halogens is 6. The number of aromatic nitrogens is 2. The number of nitrogens with zero attached hydrogens (tertiary/aromatic N) is 3. The lowest BCUT2D eigenvalue weighted by molar-refractivity contribution is -0.142. The molecule has 2 rings (SSSR count). The normalized spacial score (nSPS) is 12.9. The van der Waals surface area contributed by atoms with Crippen LogP contribution in [0, 0.1) is 0 Å². The molecule has 0 aliphatic rings. The second-order valence-corrected chi connectivity index (χ2v) is 5.92. The molecule has 0 saturated carbocycles. The molecule has 0 aliphatic carbocycles. The van der Waals surface area contributed by atoms with Gasteiger partial charge >= 0.3 is 12.4 Å². The van der Waals surface area contributed by atoms with Gasteiger partial charge in [-0.05, 0) is 24.6 Å². The maximum atomic E-state index is 13.0. The van der Waals surface area contributed by atoms with Crippen molar-refractivity contribution in [3.8, 4) is 0 Å². The van der Waals surface area contributed by atoms with E-state index in [1.807, 2.05) is 0 Å². The van der Waals surface area contributed by atoms with E-state index < -0.39 is 23.6 Å². The Morgan fingerprint density at radius 2 is 1.82 bits per heavy atom. The summed E-state index contributed by atoms with van der Waals surface area (Å²) in [6.45, 7) is 1.91. The highest BCUT2D eigenvalue weighted by molar-refractivity contribution is 5.79. The molecule has 2 N–H and O–H groups in total. The molecule has 0 spiro atoms. The average molecular weight is 407 g/mol. The minimum Gasteiger partial charge on any atom is -0.357 e. The van der Waals surface area contributed by atoms with Gasteiger partial charge in [0.1, 0.15) is 0 Å². The predicted molar refractivity (Wildman–Crippen MR) is 91.3 cm³/mol. The summed E-state index contributed by atoms with van der Waals surface area (Å²) in [4.78, 5) is 4.14. The van der Waals surface area contributed by atoms with Crippen molar-refractivity contribution in [1.82, 2.24) is 20.4 Å². The van der Waals surface area contributed by atoms with Crippen LogP contribution in [0.25, 0.3) is 0 Å². The summed E-state index contributed by atoms with van der Waals surface area (Å²) in [6, 6.07) is 4.71. The quantitative estimate of drug-likeness (QED) is 0.451. The molecule has 154 valence electrons. The van der Waals surface area contributed by atoms with Crippen LogP contribution in [0.5, 0.6) is 0 Å². The van der Waals surface area contributed by atoms with Gasteiger partial charge in [-0.3, -0.25) is 4.68 Å². The van der Waals surface area contributed by atoms with E-state index in [9.17, 15) is 26.3 Å². The maximum Gasteiger partial charge on any atom is 0.435 e. The molecule has 1 aromatic carbocycles. The Labute approximate surface area is 157 Å². The van der Waals surface area contributed by atoms with Crippen molar-refractivity contribution in [3.05, 3.63) is 52.8 Å². The van der Waals surface area contributed by atoms with E-state index >= 15 is 0 Å². The highest BCUT2D eigenvalue weighted by Crippen LogP contribution is 2.31. The van der Waals surface area contributed by atoms with Crippen LogP contribution in [0.1, 0.15) is 29.3 Å². The smallest absolute Gasteiger partial charge is 0.357 e. The maximum absolute atomic E-state index is 13.0. The summed E-state index contributed by atoms with van der Waals surface area (Å²) in [5, 5.41) is 9.00. The summed E-state index contributed by atoms with van der Waals surface area (Å²) >= 11 is 0. The van der Waals surface area contributed by atoms with Gasteiger partial charge in [0.2, 0.25) is 0 Å². The molecule has 0 saturated heterocycles.